The van der Waals surface area contributed by atoms with Crippen molar-refractivity contribution in [3.05, 3.63) is 40.2 Å². The van der Waals surface area contributed by atoms with E-state index < -0.39 is 0 Å². The van der Waals surface area contributed by atoms with E-state index in [1.54, 1.807) is 11.3 Å². The first-order chi connectivity index (χ1) is 6.66. The molecule has 1 aromatic carbocycles. The summed E-state index contributed by atoms with van der Waals surface area (Å²) in [5.41, 5.74) is 7.48. The van der Waals surface area contributed by atoms with Crippen LogP contribution >= 0.6 is 22.9 Å². The van der Waals surface area contributed by atoms with Gasteiger partial charge in [0.1, 0.15) is 0 Å². The number of nitrogens with two attached hydrogens (primary N) is 1. The summed E-state index contributed by atoms with van der Waals surface area (Å²) in [7, 11) is 0. The SMILES string of the molecule is Cc1ccc(-c2cc(N)ccc2Cl)s1. The van der Waals surface area contributed by atoms with Gasteiger partial charge >= 0.3 is 0 Å². The maximum atomic E-state index is 6.09. The van der Waals surface area contributed by atoms with E-state index in [2.05, 4.69) is 19.1 Å². The summed E-state index contributed by atoms with van der Waals surface area (Å²) in [5, 5.41) is 0.751. The largest absolute Gasteiger partial charge is 0.399 e. The van der Waals surface area contributed by atoms with Gasteiger partial charge in [-0.25, -0.2) is 0 Å². The number of halogens is 1. The lowest BCUT2D eigenvalue weighted by atomic mass is 10.1. The molecule has 0 aliphatic carbocycles. The number of benzene rings is 1. The van der Waals surface area contributed by atoms with Crippen molar-refractivity contribution in [2.45, 2.75) is 6.92 Å². The summed E-state index contributed by atoms with van der Waals surface area (Å²) >= 11 is 7.81. The molecule has 14 heavy (non-hydrogen) atoms. The first-order valence-corrected chi connectivity index (χ1v) is 5.48. The van der Waals surface area contributed by atoms with E-state index in [4.69, 9.17) is 17.3 Å². The van der Waals surface area contributed by atoms with Gasteiger partial charge in [0, 0.05) is 26.0 Å². The average molecular weight is 224 g/mol. The Hall–Kier alpha value is -0.990. The van der Waals surface area contributed by atoms with Crippen LogP contribution in [0.2, 0.25) is 5.02 Å². The van der Waals surface area contributed by atoms with Crippen LogP contribution in [0.5, 0.6) is 0 Å². The molecule has 2 rings (SSSR count). The van der Waals surface area contributed by atoms with Gasteiger partial charge in [0.25, 0.3) is 0 Å². The first-order valence-electron chi connectivity index (χ1n) is 4.28. The molecule has 0 radical (unpaired) electrons. The maximum absolute atomic E-state index is 6.09. The summed E-state index contributed by atoms with van der Waals surface area (Å²) in [6.45, 7) is 2.08. The van der Waals surface area contributed by atoms with Crippen LogP contribution in [-0.4, -0.2) is 0 Å². The van der Waals surface area contributed by atoms with E-state index in [0.717, 1.165) is 16.3 Å². The van der Waals surface area contributed by atoms with Crippen molar-refractivity contribution in [3.63, 3.8) is 0 Å². The Morgan fingerprint density at radius 2 is 2.00 bits per heavy atom. The number of hydrogen-bond donors (Lipinski definition) is 1. The predicted octanol–water partition coefficient (Wildman–Crippen LogP) is 3.96. The molecule has 0 aliphatic rings. The molecule has 1 aromatic heterocycles. The molecule has 0 unspecified atom stereocenters. The fraction of sp³-hybridized carbons (Fsp3) is 0.0909. The van der Waals surface area contributed by atoms with Gasteiger partial charge in [-0.1, -0.05) is 11.6 Å². The van der Waals surface area contributed by atoms with Crippen LogP contribution in [0.15, 0.2) is 30.3 Å². The zero-order valence-electron chi connectivity index (χ0n) is 7.75. The van der Waals surface area contributed by atoms with Crippen LogP contribution in [-0.2, 0) is 0 Å². The second-order valence-corrected chi connectivity index (χ2v) is 4.84. The highest BCUT2D eigenvalue weighted by Gasteiger charge is 2.05. The molecule has 0 aliphatic heterocycles. The second kappa shape index (κ2) is 3.64. The van der Waals surface area contributed by atoms with Gasteiger partial charge in [-0.3, -0.25) is 0 Å². The Morgan fingerprint density at radius 1 is 1.21 bits per heavy atom. The quantitative estimate of drug-likeness (QED) is 0.728. The standard InChI is InChI=1S/C11H10ClNS/c1-7-2-5-11(14-7)9-6-8(13)3-4-10(9)12/h2-6H,13H2,1H3. The Balaban J connectivity index is 2.55. The Kier molecular flexibility index (Phi) is 2.48. The molecular formula is C11H10ClNS. The van der Waals surface area contributed by atoms with Crippen molar-refractivity contribution in [1.82, 2.24) is 0 Å². The normalized spacial score (nSPS) is 10.4. The van der Waals surface area contributed by atoms with E-state index in [1.165, 1.54) is 9.75 Å². The number of nitrogen functional groups attached to an aromatic ring is 1. The second-order valence-electron chi connectivity index (χ2n) is 3.15. The lowest BCUT2D eigenvalue weighted by molar-refractivity contribution is 1.64. The van der Waals surface area contributed by atoms with E-state index >= 15 is 0 Å². The van der Waals surface area contributed by atoms with Crippen LogP contribution < -0.4 is 5.73 Å². The van der Waals surface area contributed by atoms with Gasteiger partial charge in [0.2, 0.25) is 0 Å². The van der Waals surface area contributed by atoms with Crippen LogP contribution in [0.4, 0.5) is 5.69 Å². The third-order valence-electron chi connectivity index (χ3n) is 2.00. The van der Waals surface area contributed by atoms with Crippen molar-refractivity contribution in [1.29, 1.82) is 0 Å². The zero-order valence-corrected chi connectivity index (χ0v) is 9.32. The molecule has 1 nitrogen and oxygen atoms in total. The number of rotatable bonds is 1. The number of thiophene rings is 1. The van der Waals surface area contributed by atoms with E-state index in [1.807, 2.05) is 18.2 Å². The first kappa shape index (κ1) is 9.56. The number of hydrogen-bond acceptors (Lipinski definition) is 2. The highest BCUT2D eigenvalue weighted by atomic mass is 35.5. The lowest BCUT2D eigenvalue weighted by Crippen LogP contribution is -1.84. The average Bonchev–Trinajstić information content (AvgIpc) is 2.56. The lowest BCUT2D eigenvalue weighted by Gasteiger charge is -2.02. The fourth-order valence-electron chi connectivity index (χ4n) is 1.31. The minimum atomic E-state index is 0.746. The van der Waals surface area contributed by atoms with Crippen LogP contribution in [0.3, 0.4) is 0 Å². The van der Waals surface area contributed by atoms with E-state index in [0.29, 0.717) is 0 Å². The fourth-order valence-corrected chi connectivity index (χ4v) is 2.48. The van der Waals surface area contributed by atoms with Crippen molar-refractivity contribution >= 4 is 28.6 Å². The minimum absolute atomic E-state index is 0.746. The highest BCUT2D eigenvalue weighted by molar-refractivity contribution is 7.15. The summed E-state index contributed by atoms with van der Waals surface area (Å²) in [6, 6.07) is 9.71. The number of anilines is 1. The molecule has 72 valence electrons. The van der Waals surface area contributed by atoms with E-state index in [9.17, 15) is 0 Å². The molecule has 0 spiro atoms. The molecule has 0 saturated heterocycles. The molecule has 0 amide bonds. The van der Waals surface area contributed by atoms with Gasteiger partial charge < -0.3 is 5.73 Å². The van der Waals surface area contributed by atoms with Crippen LogP contribution in [0.25, 0.3) is 10.4 Å². The maximum Gasteiger partial charge on any atom is 0.0494 e. The zero-order chi connectivity index (χ0) is 10.1. The third-order valence-corrected chi connectivity index (χ3v) is 3.36. The van der Waals surface area contributed by atoms with Crippen molar-refractivity contribution < 1.29 is 0 Å². The van der Waals surface area contributed by atoms with E-state index in [-0.39, 0.29) is 0 Å². The summed E-state index contributed by atoms with van der Waals surface area (Å²) in [4.78, 5) is 2.44. The topological polar surface area (TPSA) is 26.0 Å². The minimum Gasteiger partial charge on any atom is -0.399 e. The summed E-state index contributed by atoms with van der Waals surface area (Å²) < 4.78 is 0. The Labute approximate surface area is 92.1 Å². The summed E-state index contributed by atoms with van der Waals surface area (Å²) in [5.74, 6) is 0. The van der Waals surface area contributed by atoms with Gasteiger partial charge in [0.05, 0.1) is 0 Å². The number of aryl methyl sites for hydroxylation is 1. The molecular weight excluding hydrogens is 214 g/mol. The third kappa shape index (κ3) is 1.76. The van der Waals surface area contributed by atoms with Crippen molar-refractivity contribution in [3.8, 4) is 10.4 Å². The molecule has 3 heteroatoms. The molecule has 0 bridgehead atoms. The van der Waals surface area contributed by atoms with Crippen molar-refractivity contribution in [2.24, 2.45) is 0 Å². The van der Waals surface area contributed by atoms with Crippen molar-refractivity contribution in [2.75, 3.05) is 5.73 Å². The Bertz CT molecular complexity index is 462. The Morgan fingerprint density at radius 3 is 2.64 bits per heavy atom. The molecule has 0 atom stereocenters. The van der Waals surface area contributed by atoms with Crippen LogP contribution in [0.1, 0.15) is 4.88 Å². The van der Waals surface area contributed by atoms with Gasteiger partial charge in [-0.05, 0) is 37.3 Å². The molecule has 2 N–H and O–H groups in total. The van der Waals surface area contributed by atoms with Crippen LogP contribution in [0, 0.1) is 6.92 Å². The van der Waals surface area contributed by atoms with Gasteiger partial charge in [-0.15, -0.1) is 11.3 Å². The summed E-state index contributed by atoms with van der Waals surface area (Å²) in [6.07, 6.45) is 0. The molecule has 0 saturated carbocycles. The molecule has 2 aromatic rings. The van der Waals surface area contributed by atoms with Gasteiger partial charge in [-0.2, -0.15) is 0 Å². The predicted molar refractivity (Wildman–Crippen MR) is 63.9 cm³/mol. The molecule has 1 heterocycles. The smallest absolute Gasteiger partial charge is 0.0494 e. The highest BCUT2D eigenvalue weighted by Crippen LogP contribution is 2.34. The molecule has 0 fully saturated rings. The monoisotopic (exact) mass is 223 g/mol. The van der Waals surface area contributed by atoms with Gasteiger partial charge in [0.15, 0.2) is 0 Å².